The molecular formula is C23H28O6P+. The van der Waals surface area contributed by atoms with E-state index in [4.69, 9.17) is 13.6 Å². The Morgan fingerprint density at radius 1 is 0.767 bits per heavy atom. The molecule has 3 N–H and O–H groups in total. The van der Waals surface area contributed by atoms with Crippen molar-refractivity contribution in [3.8, 4) is 11.5 Å². The molecule has 160 valence electrons. The largest absolute Gasteiger partial charge is 0.508 e. The normalized spacial score (nSPS) is 19.5. The second-order valence-electron chi connectivity index (χ2n) is 7.24. The maximum Gasteiger partial charge on any atom is 0.426 e. The molecule has 0 heterocycles. The molecule has 2 aromatic rings. The number of aliphatic hydroxyl groups is 1. The van der Waals surface area contributed by atoms with Gasteiger partial charge in [-0.3, -0.25) is 0 Å². The van der Waals surface area contributed by atoms with Crippen LogP contribution in [0.4, 0.5) is 0 Å². The third kappa shape index (κ3) is 3.50. The first-order chi connectivity index (χ1) is 14.3. The van der Waals surface area contributed by atoms with Crippen LogP contribution in [0.1, 0.15) is 18.1 Å². The van der Waals surface area contributed by atoms with E-state index in [9.17, 15) is 15.3 Å². The summed E-state index contributed by atoms with van der Waals surface area (Å²) in [7, 11) is 1.56. The highest BCUT2D eigenvalue weighted by molar-refractivity contribution is 7.63. The lowest BCUT2D eigenvalue weighted by Gasteiger charge is -2.44. The van der Waals surface area contributed by atoms with Gasteiger partial charge in [-0.1, -0.05) is 37.3 Å². The lowest BCUT2D eigenvalue weighted by Crippen LogP contribution is -2.43. The molecule has 2 atom stereocenters. The molecule has 2 aromatic carbocycles. The minimum absolute atomic E-state index is 0.0996. The maximum atomic E-state index is 10.1. The van der Waals surface area contributed by atoms with E-state index < -0.39 is 13.1 Å². The molecule has 0 spiro atoms. The Bertz CT molecular complexity index is 862. The molecule has 0 aromatic heterocycles. The van der Waals surface area contributed by atoms with Crippen molar-refractivity contribution in [2.75, 3.05) is 21.3 Å². The van der Waals surface area contributed by atoms with E-state index in [1.807, 2.05) is 37.3 Å². The molecule has 30 heavy (non-hydrogen) atoms. The molecule has 0 saturated carbocycles. The summed E-state index contributed by atoms with van der Waals surface area (Å²) in [5.41, 5.74) is 1.64. The number of rotatable bonds is 7. The predicted molar refractivity (Wildman–Crippen MR) is 117 cm³/mol. The van der Waals surface area contributed by atoms with Crippen LogP contribution < -0.4 is 0 Å². The number of phenols is 2. The van der Waals surface area contributed by atoms with Gasteiger partial charge in [-0.25, -0.2) is 0 Å². The molecular weight excluding hydrogens is 403 g/mol. The minimum Gasteiger partial charge on any atom is -0.508 e. The van der Waals surface area contributed by atoms with Crippen LogP contribution in [-0.2, 0) is 18.7 Å². The molecule has 0 bridgehead atoms. The predicted octanol–water partition coefficient (Wildman–Crippen LogP) is 5.31. The van der Waals surface area contributed by atoms with Crippen molar-refractivity contribution in [3.05, 3.63) is 83.6 Å². The van der Waals surface area contributed by atoms with Crippen LogP contribution in [0.25, 0.3) is 0 Å². The van der Waals surface area contributed by atoms with Gasteiger partial charge in [0.05, 0.1) is 21.3 Å². The van der Waals surface area contributed by atoms with Gasteiger partial charge in [-0.05, 0) is 42.3 Å². The van der Waals surface area contributed by atoms with Gasteiger partial charge in [-0.2, -0.15) is 13.6 Å². The maximum absolute atomic E-state index is 10.1. The van der Waals surface area contributed by atoms with E-state index in [0.717, 1.165) is 11.1 Å². The smallest absolute Gasteiger partial charge is 0.426 e. The monoisotopic (exact) mass is 431 g/mol. The fourth-order valence-electron chi connectivity index (χ4n) is 4.46. The number of hydrogen-bond donors (Lipinski definition) is 3. The van der Waals surface area contributed by atoms with Gasteiger partial charge >= 0.3 is 7.94 Å². The molecule has 1 aliphatic rings. The van der Waals surface area contributed by atoms with Gasteiger partial charge in [-0.15, -0.1) is 0 Å². The Morgan fingerprint density at radius 3 is 1.57 bits per heavy atom. The standard InChI is InChI=1S/C23H27O6P/c1-16-15-21(26)13-14-22(16)23(30(27-2,28-3)29-4,17-5-9-19(24)10-6-17)18-7-11-20(25)12-8-18/h5-16,22H,1-4H3,(H2-,24,25,26)/p+1. The molecule has 0 amide bonds. The Hall–Kier alpha value is -2.37. The molecule has 6 nitrogen and oxygen atoms in total. The summed E-state index contributed by atoms with van der Waals surface area (Å²) in [5, 5.41) is 29.0. The van der Waals surface area contributed by atoms with Crippen LogP contribution in [0.2, 0.25) is 0 Å². The van der Waals surface area contributed by atoms with Gasteiger partial charge in [0, 0.05) is 17.0 Å². The molecule has 0 fully saturated rings. The highest BCUT2D eigenvalue weighted by atomic mass is 31.2. The first-order valence-electron chi connectivity index (χ1n) is 9.59. The van der Waals surface area contributed by atoms with Gasteiger partial charge in [0.2, 0.25) is 5.16 Å². The number of allylic oxidation sites excluding steroid dienone is 3. The van der Waals surface area contributed by atoms with Crippen molar-refractivity contribution in [1.82, 2.24) is 0 Å². The summed E-state index contributed by atoms with van der Waals surface area (Å²) in [5.74, 6) is 0.145. The summed E-state index contributed by atoms with van der Waals surface area (Å²) in [6.07, 6.45) is 5.39. The molecule has 0 saturated heterocycles. The summed E-state index contributed by atoms with van der Waals surface area (Å²) < 4.78 is 18.1. The summed E-state index contributed by atoms with van der Waals surface area (Å²) in [6.45, 7) is 2.01. The number of hydrogen-bond acceptors (Lipinski definition) is 6. The first-order valence-corrected chi connectivity index (χ1v) is 11.1. The van der Waals surface area contributed by atoms with E-state index in [2.05, 4.69) is 0 Å². The molecule has 0 radical (unpaired) electrons. The molecule has 0 aliphatic heterocycles. The minimum atomic E-state index is -3.11. The van der Waals surface area contributed by atoms with Crippen molar-refractivity contribution in [2.45, 2.75) is 12.1 Å². The lowest BCUT2D eigenvalue weighted by molar-refractivity contribution is 0.170. The van der Waals surface area contributed by atoms with Crippen molar-refractivity contribution >= 4 is 7.94 Å². The van der Waals surface area contributed by atoms with Gasteiger partial charge in [0.1, 0.15) is 17.3 Å². The third-order valence-corrected chi connectivity index (χ3v) is 8.85. The average molecular weight is 431 g/mol. The number of phenolic OH excluding ortho intramolecular Hbond substituents is 2. The third-order valence-electron chi connectivity index (χ3n) is 5.72. The fraction of sp³-hybridized carbons (Fsp3) is 0.304. The number of aliphatic hydroxyl groups excluding tert-OH is 1. The zero-order valence-electron chi connectivity index (χ0n) is 17.5. The van der Waals surface area contributed by atoms with E-state index in [0.29, 0.717) is 0 Å². The van der Waals surface area contributed by atoms with Gasteiger partial charge < -0.3 is 15.3 Å². The van der Waals surface area contributed by atoms with Gasteiger partial charge in [0.15, 0.2) is 0 Å². The molecule has 2 unspecified atom stereocenters. The van der Waals surface area contributed by atoms with Crippen molar-refractivity contribution in [1.29, 1.82) is 0 Å². The van der Waals surface area contributed by atoms with E-state index in [-0.39, 0.29) is 29.1 Å². The van der Waals surface area contributed by atoms with E-state index in [1.54, 1.807) is 57.7 Å². The first kappa shape index (κ1) is 22.3. The Labute approximate surface area is 177 Å². The van der Waals surface area contributed by atoms with Crippen LogP contribution in [0.3, 0.4) is 0 Å². The second kappa shape index (κ2) is 8.78. The quantitative estimate of drug-likeness (QED) is 0.515. The average Bonchev–Trinajstić information content (AvgIpc) is 2.74. The zero-order valence-corrected chi connectivity index (χ0v) is 18.4. The molecule has 7 heteroatoms. The number of aromatic hydroxyl groups is 2. The SMILES string of the molecule is CO[P+](OC)(OC)C(c1ccc(O)cc1)(c1ccc(O)cc1)C1C=CC(O)=CC1C. The summed E-state index contributed by atoms with van der Waals surface area (Å²) in [6, 6.07) is 13.8. The van der Waals surface area contributed by atoms with Crippen LogP contribution in [0.15, 0.2) is 72.5 Å². The number of benzene rings is 2. The lowest BCUT2D eigenvalue weighted by atomic mass is 9.72. The zero-order chi connectivity index (χ0) is 21.9. The summed E-state index contributed by atoms with van der Waals surface area (Å²) in [4.78, 5) is 0. The Balaban J connectivity index is 2.44. The van der Waals surface area contributed by atoms with Crippen LogP contribution in [-0.4, -0.2) is 36.6 Å². The van der Waals surface area contributed by atoms with E-state index in [1.165, 1.54) is 0 Å². The highest BCUT2D eigenvalue weighted by Gasteiger charge is 2.70. The Kier molecular flexibility index (Phi) is 6.53. The Morgan fingerprint density at radius 2 is 1.20 bits per heavy atom. The van der Waals surface area contributed by atoms with Crippen molar-refractivity contribution in [3.63, 3.8) is 0 Å². The summed E-state index contributed by atoms with van der Waals surface area (Å²) >= 11 is 0. The topological polar surface area (TPSA) is 88.4 Å². The molecule has 1 aliphatic carbocycles. The van der Waals surface area contributed by atoms with Crippen molar-refractivity contribution < 1.29 is 28.9 Å². The van der Waals surface area contributed by atoms with Crippen LogP contribution >= 0.6 is 7.94 Å². The highest BCUT2D eigenvalue weighted by Crippen LogP contribution is 2.79. The fourth-order valence-corrected chi connectivity index (χ4v) is 7.39. The van der Waals surface area contributed by atoms with Crippen LogP contribution in [0, 0.1) is 11.8 Å². The van der Waals surface area contributed by atoms with E-state index >= 15 is 0 Å². The molecule has 3 rings (SSSR count). The van der Waals surface area contributed by atoms with Gasteiger partial charge in [0.25, 0.3) is 0 Å². The second-order valence-corrected chi connectivity index (χ2v) is 10.0. The van der Waals surface area contributed by atoms with Crippen molar-refractivity contribution in [2.24, 2.45) is 11.8 Å². The van der Waals surface area contributed by atoms with Crippen LogP contribution in [0.5, 0.6) is 11.5 Å².